The number of hydrogen-bond acceptors (Lipinski definition) is 4. The van der Waals surface area contributed by atoms with E-state index in [1.165, 1.54) is 12.8 Å². The van der Waals surface area contributed by atoms with E-state index >= 15 is 0 Å². The summed E-state index contributed by atoms with van der Waals surface area (Å²) in [6, 6.07) is 0.802. The summed E-state index contributed by atoms with van der Waals surface area (Å²) >= 11 is 0. The van der Waals surface area contributed by atoms with Gasteiger partial charge in [-0.3, -0.25) is 0 Å². The number of nitrogens with one attached hydrogen (secondary N) is 1. The van der Waals surface area contributed by atoms with Crippen molar-refractivity contribution in [3.63, 3.8) is 0 Å². The van der Waals surface area contributed by atoms with Gasteiger partial charge in [-0.25, -0.2) is 4.79 Å². The fourth-order valence-electron chi connectivity index (χ4n) is 2.25. The molecule has 98 valence electrons. The van der Waals surface area contributed by atoms with Crippen LogP contribution in [0.3, 0.4) is 0 Å². The highest BCUT2D eigenvalue weighted by atomic mass is 16.5. The van der Waals surface area contributed by atoms with Gasteiger partial charge in [0, 0.05) is 25.7 Å². The van der Waals surface area contributed by atoms with Crippen LogP contribution in [0.2, 0.25) is 0 Å². The summed E-state index contributed by atoms with van der Waals surface area (Å²) in [5.41, 5.74) is 0. The highest BCUT2D eigenvalue weighted by Crippen LogP contribution is 2.24. The third-order valence-corrected chi connectivity index (χ3v) is 3.57. The summed E-state index contributed by atoms with van der Waals surface area (Å²) in [6.07, 6.45) is 3.65. The fraction of sp³-hybridized carbons (Fsp3) is 0.917. The van der Waals surface area contributed by atoms with E-state index in [4.69, 9.17) is 9.84 Å². The number of hydrogen-bond donors (Lipinski definition) is 2. The molecule has 2 unspecified atom stereocenters. The highest BCUT2D eigenvalue weighted by molar-refractivity contribution is 5.72. The number of likely N-dealkylation sites (N-methyl/N-ethyl adjacent to an activating group) is 1. The molecule has 1 saturated carbocycles. The zero-order valence-electron chi connectivity index (χ0n) is 10.4. The van der Waals surface area contributed by atoms with Gasteiger partial charge in [0.15, 0.2) is 6.10 Å². The van der Waals surface area contributed by atoms with E-state index in [9.17, 15) is 4.79 Å². The maximum atomic E-state index is 10.7. The van der Waals surface area contributed by atoms with Gasteiger partial charge in [0.2, 0.25) is 0 Å². The zero-order valence-corrected chi connectivity index (χ0v) is 10.4. The first-order valence-corrected chi connectivity index (χ1v) is 6.46. The summed E-state index contributed by atoms with van der Waals surface area (Å²) in [5.74, 6) is -0.832. The van der Waals surface area contributed by atoms with Crippen molar-refractivity contribution in [1.29, 1.82) is 0 Å². The number of carboxylic acid groups (broad SMARTS) is 1. The molecule has 0 aromatic carbocycles. The van der Waals surface area contributed by atoms with E-state index in [0.717, 1.165) is 32.1 Å². The lowest BCUT2D eigenvalue weighted by Crippen LogP contribution is -2.35. The van der Waals surface area contributed by atoms with Gasteiger partial charge >= 0.3 is 5.97 Å². The van der Waals surface area contributed by atoms with Crippen LogP contribution < -0.4 is 5.32 Å². The molecule has 0 radical (unpaired) electrons. The Morgan fingerprint density at radius 3 is 2.76 bits per heavy atom. The fourth-order valence-corrected chi connectivity index (χ4v) is 2.25. The molecule has 5 heteroatoms. The number of carboxylic acids is 1. The molecular formula is C12H22N2O3. The van der Waals surface area contributed by atoms with E-state index in [0.29, 0.717) is 6.42 Å². The van der Waals surface area contributed by atoms with Crippen LogP contribution in [0.4, 0.5) is 0 Å². The smallest absolute Gasteiger partial charge is 0.332 e. The van der Waals surface area contributed by atoms with Crippen molar-refractivity contribution in [3.05, 3.63) is 0 Å². The maximum Gasteiger partial charge on any atom is 0.332 e. The summed E-state index contributed by atoms with van der Waals surface area (Å²) in [7, 11) is 2.16. The minimum Gasteiger partial charge on any atom is -0.479 e. The van der Waals surface area contributed by atoms with Crippen molar-refractivity contribution in [2.45, 2.75) is 43.9 Å². The van der Waals surface area contributed by atoms with Crippen molar-refractivity contribution < 1.29 is 14.6 Å². The molecule has 2 N–H and O–H groups in total. The number of rotatable bonds is 7. The first kappa shape index (κ1) is 12.8. The summed E-state index contributed by atoms with van der Waals surface area (Å²) < 4.78 is 5.41. The average molecular weight is 242 g/mol. The first-order valence-electron chi connectivity index (χ1n) is 6.46. The molecule has 1 aliphatic heterocycles. The lowest BCUT2D eigenvalue weighted by Gasteiger charge is -2.17. The standard InChI is InChI=1S/C12H22N2O3/c1-14(9-2-3-9)7-6-13-8-10-4-5-11(17-10)12(15)16/h9-11,13H,2-8H2,1H3,(H,15,16). The lowest BCUT2D eigenvalue weighted by atomic mass is 10.2. The molecule has 2 atom stereocenters. The predicted octanol–water partition coefficient (Wildman–Crippen LogP) is 0.302. The van der Waals surface area contributed by atoms with E-state index in [1.807, 2.05) is 0 Å². The Morgan fingerprint density at radius 2 is 2.18 bits per heavy atom. The second kappa shape index (κ2) is 5.80. The minimum atomic E-state index is -0.832. The van der Waals surface area contributed by atoms with Crippen LogP contribution in [-0.2, 0) is 9.53 Å². The van der Waals surface area contributed by atoms with E-state index in [2.05, 4.69) is 17.3 Å². The molecule has 2 rings (SSSR count). The van der Waals surface area contributed by atoms with Gasteiger partial charge in [0.1, 0.15) is 0 Å². The average Bonchev–Trinajstić information content (AvgIpc) is 3.03. The van der Waals surface area contributed by atoms with E-state index < -0.39 is 12.1 Å². The van der Waals surface area contributed by atoms with Gasteiger partial charge in [0.05, 0.1) is 6.10 Å². The van der Waals surface area contributed by atoms with Gasteiger partial charge in [-0.2, -0.15) is 0 Å². The summed E-state index contributed by atoms with van der Waals surface area (Å²) in [5, 5.41) is 12.1. The Kier molecular flexibility index (Phi) is 4.36. The molecule has 0 aromatic heterocycles. The molecule has 0 amide bonds. The van der Waals surface area contributed by atoms with Crippen molar-refractivity contribution in [2.24, 2.45) is 0 Å². The molecule has 2 aliphatic rings. The Hall–Kier alpha value is -0.650. The Morgan fingerprint density at radius 1 is 1.41 bits per heavy atom. The van der Waals surface area contributed by atoms with Crippen molar-refractivity contribution in [1.82, 2.24) is 10.2 Å². The quantitative estimate of drug-likeness (QED) is 0.629. The number of ether oxygens (including phenoxy) is 1. The number of carbonyl (C=O) groups is 1. The van der Waals surface area contributed by atoms with Crippen molar-refractivity contribution in [3.8, 4) is 0 Å². The largest absolute Gasteiger partial charge is 0.479 e. The number of aliphatic carboxylic acids is 1. The van der Waals surface area contributed by atoms with Crippen LogP contribution in [0.15, 0.2) is 0 Å². The summed E-state index contributed by atoms with van der Waals surface area (Å²) in [4.78, 5) is 13.1. The minimum absolute atomic E-state index is 0.0716. The summed E-state index contributed by atoms with van der Waals surface area (Å²) in [6.45, 7) is 2.77. The first-order chi connectivity index (χ1) is 8.16. The third kappa shape index (κ3) is 3.94. The van der Waals surface area contributed by atoms with E-state index in [-0.39, 0.29) is 6.10 Å². The molecule has 1 heterocycles. The topological polar surface area (TPSA) is 61.8 Å². The van der Waals surface area contributed by atoms with Gasteiger partial charge < -0.3 is 20.1 Å². The molecule has 0 spiro atoms. The monoisotopic (exact) mass is 242 g/mol. The Bertz CT molecular complexity index is 268. The maximum absolute atomic E-state index is 10.7. The highest BCUT2D eigenvalue weighted by Gasteiger charge is 2.30. The molecule has 0 bridgehead atoms. The Balaban J connectivity index is 1.52. The van der Waals surface area contributed by atoms with Crippen molar-refractivity contribution >= 4 is 5.97 Å². The van der Waals surface area contributed by atoms with Crippen LogP contribution in [0.1, 0.15) is 25.7 Å². The van der Waals surface area contributed by atoms with Crippen molar-refractivity contribution in [2.75, 3.05) is 26.7 Å². The van der Waals surface area contributed by atoms with Gasteiger partial charge in [0.25, 0.3) is 0 Å². The molecule has 2 fully saturated rings. The van der Waals surface area contributed by atoms with Crippen LogP contribution in [0.5, 0.6) is 0 Å². The van der Waals surface area contributed by atoms with Crippen LogP contribution in [-0.4, -0.2) is 60.9 Å². The third-order valence-electron chi connectivity index (χ3n) is 3.57. The molecular weight excluding hydrogens is 220 g/mol. The zero-order chi connectivity index (χ0) is 12.3. The van der Waals surface area contributed by atoms with Crippen LogP contribution >= 0.6 is 0 Å². The molecule has 1 aliphatic carbocycles. The molecule has 1 saturated heterocycles. The molecule has 0 aromatic rings. The van der Waals surface area contributed by atoms with Crippen LogP contribution in [0, 0.1) is 0 Å². The van der Waals surface area contributed by atoms with Crippen LogP contribution in [0.25, 0.3) is 0 Å². The second-order valence-corrected chi connectivity index (χ2v) is 5.08. The number of nitrogens with zero attached hydrogens (tertiary/aromatic N) is 1. The molecule has 5 nitrogen and oxygen atoms in total. The van der Waals surface area contributed by atoms with Gasteiger partial charge in [-0.1, -0.05) is 0 Å². The second-order valence-electron chi connectivity index (χ2n) is 5.08. The SMILES string of the molecule is CN(CCNCC1CCC(C(=O)O)O1)C1CC1. The Labute approximate surface area is 102 Å². The van der Waals surface area contributed by atoms with Gasteiger partial charge in [-0.15, -0.1) is 0 Å². The normalized spacial score (nSPS) is 28.8. The lowest BCUT2D eigenvalue weighted by molar-refractivity contribution is -0.149. The molecule has 17 heavy (non-hydrogen) atoms. The van der Waals surface area contributed by atoms with Gasteiger partial charge in [-0.05, 0) is 32.7 Å². The predicted molar refractivity (Wildman–Crippen MR) is 64.1 cm³/mol. The van der Waals surface area contributed by atoms with E-state index in [1.54, 1.807) is 0 Å².